The van der Waals surface area contributed by atoms with Crippen molar-refractivity contribution >= 4 is 5.91 Å². The zero-order valence-electron chi connectivity index (χ0n) is 13.1. The molecule has 2 bridgehead atoms. The fourth-order valence-electron chi connectivity index (χ4n) is 4.30. The van der Waals surface area contributed by atoms with Gasteiger partial charge in [0.05, 0.1) is 12.7 Å². The van der Waals surface area contributed by atoms with Crippen molar-refractivity contribution in [2.75, 3.05) is 6.54 Å². The maximum atomic E-state index is 12.4. The Hall–Kier alpha value is -1.43. The molecule has 0 spiro atoms. The van der Waals surface area contributed by atoms with E-state index in [4.69, 9.17) is 5.73 Å². The molecule has 2 aliphatic rings. The molecule has 0 saturated heterocycles. The SMILES string of the molecule is CC1(C)C2CCC1(C)C(NC(=O)c1cn(CCN)nn1)C2. The van der Waals surface area contributed by atoms with E-state index in [0.717, 1.165) is 6.42 Å². The highest BCUT2D eigenvalue weighted by molar-refractivity contribution is 5.92. The van der Waals surface area contributed by atoms with Crippen molar-refractivity contribution in [3.05, 3.63) is 11.9 Å². The Bertz CT molecular complexity index is 552. The van der Waals surface area contributed by atoms with E-state index in [2.05, 4.69) is 36.4 Å². The van der Waals surface area contributed by atoms with Gasteiger partial charge in [0.25, 0.3) is 5.91 Å². The molecule has 1 aromatic rings. The number of amides is 1. The van der Waals surface area contributed by atoms with E-state index in [9.17, 15) is 4.79 Å². The van der Waals surface area contributed by atoms with Gasteiger partial charge in [-0.3, -0.25) is 9.48 Å². The van der Waals surface area contributed by atoms with E-state index in [1.165, 1.54) is 12.8 Å². The van der Waals surface area contributed by atoms with Gasteiger partial charge in [-0.2, -0.15) is 0 Å². The zero-order chi connectivity index (χ0) is 15.3. The third kappa shape index (κ3) is 2.08. The summed E-state index contributed by atoms with van der Waals surface area (Å²) in [7, 11) is 0. The highest BCUT2D eigenvalue weighted by Gasteiger charge is 2.61. The van der Waals surface area contributed by atoms with Crippen LogP contribution in [0.4, 0.5) is 0 Å². The largest absolute Gasteiger partial charge is 0.347 e. The Morgan fingerprint density at radius 2 is 2.29 bits per heavy atom. The van der Waals surface area contributed by atoms with Gasteiger partial charge in [0.15, 0.2) is 5.69 Å². The van der Waals surface area contributed by atoms with Crippen molar-refractivity contribution in [1.82, 2.24) is 20.3 Å². The van der Waals surface area contributed by atoms with E-state index in [1.54, 1.807) is 10.9 Å². The lowest BCUT2D eigenvalue weighted by atomic mass is 9.69. The van der Waals surface area contributed by atoms with Gasteiger partial charge >= 0.3 is 0 Å². The summed E-state index contributed by atoms with van der Waals surface area (Å²) in [5.41, 5.74) is 6.33. The van der Waals surface area contributed by atoms with Crippen LogP contribution in [0, 0.1) is 16.7 Å². The summed E-state index contributed by atoms with van der Waals surface area (Å²) in [5.74, 6) is 0.591. The van der Waals surface area contributed by atoms with Crippen molar-refractivity contribution in [3.8, 4) is 0 Å². The normalized spacial score (nSPS) is 33.3. The van der Waals surface area contributed by atoms with E-state index in [-0.39, 0.29) is 17.4 Å². The van der Waals surface area contributed by atoms with Crippen LogP contribution in [-0.4, -0.2) is 33.5 Å². The van der Waals surface area contributed by atoms with E-state index < -0.39 is 0 Å². The monoisotopic (exact) mass is 291 g/mol. The molecular weight excluding hydrogens is 266 g/mol. The third-order valence-electron chi connectivity index (χ3n) is 6.23. The molecule has 0 aliphatic heterocycles. The quantitative estimate of drug-likeness (QED) is 0.872. The molecule has 0 aromatic carbocycles. The summed E-state index contributed by atoms with van der Waals surface area (Å²) in [5, 5.41) is 11.1. The molecule has 2 fully saturated rings. The summed E-state index contributed by atoms with van der Waals surface area (Å²) >= 11 is 0. The number of nitrogens with zero attached hydrogens (tertiary/aromatic N) is 3. The van der Waals surface area contributed by atoms with E-state index in [0.29, 0.717) is 30.1 Å². The minimum Gasteiger partial charge on any atom is -0.347 e. The van der Waals surface area contributed by atoms with E-state index >= 15 is 0 Å². The molecule has 3 atom stereocenters. The first-order valence-corrected chi connectivity index (χ1v) is 7.79. The number of hydrogen-bond acceptors (Lipinski definition) is 4. The van der Waals surface area contributed by atoms with Crippen molar-refractivity contribution in [2.45, 2.75) is 52.6 Å². The molecule has 2 aliphatic carbocycles. The molecule has 1 heterocycles. The molecule has 116 valence electrons. The highest BCUT2D eigenvalue weighted by Crippen LogP contribution is 2.65. The summed E-state index contributed by atoms with van der Waals surface area (Å²) in [6.45, 7) is 8.07. The topological polar surface area (TPSA) is 85.8 Å². The zero-order valence-corrected chi connectivity index (χ0v) is 13.1. The van der Waals surface area contributed by atoms with Crippen LogP contribution in [-0.2, 0) is 6.54 Å². The average molecular weight is 291 g/mol. The van der Waals surface area contributed by atoms with Gasteiger partial charge in [0, 0.05) is 12.6 Å². The van der Waals surface area contributed by atoms with Crippen LogP contribution in [0.2, 0.25) is 0 Å². The Labute approximate surface area is 125 Å². The second-order valence-electron chi connectivity index (χ2n) is 7.29. The minimum atomic E-state index is -0.118. The summed E-state index contributed by atoms with van der Waals surface area (Å²) in [6, 6.07) is 0.235. The number of carbonyl (C=O) groups excluding carboxylic acids is 1. The maximum Gasteiger partial charge on any atom is 0.273 e. The van der Waals surface area contributed by atoms with Gasteiger partial charge in [-0.15, -0.1) is 5.10 Å². The van der Waals surface area contributed by atoms with Gasteiger partial charge in [0.2, 0.25) is 0 Å². The van der Waals surface area contributed by atoms with Crippen LogP contribution in [0.3, 0.4) is 0 Å². The summed E-state index contributed by atoms with van der Waals surface area (Å²) in [4.78, 5) is 12.4. The van der Waals surface area contributed by atoms with Gasteiger partial charge < -0.3 is 11.1 Å². The first kappa shape index (κ1) is 14.5. The molecule has 3 N–H and O–H groups in total. The Balaban J connectivity index is 1.71. The standard InChI is InChI=1S/C15H25N5O/c1-14(2)10-4-5-15(14,3)12(8-10)17-13(21)11-9-20(7-6-16)19-18-11/h9-10,12H,4-8,16H2,1-3H3,(H,17,21). The molecule has 1 amide bonds. The lowest BCUT2D eigenvalue weighted by Crippen LogP contribution is -2.47. The van der Waals surface area contributed by atoms with Gasteiger partial charge in [-0.05, 0) is 36.0 Å². The smallest absolute Gasteiger partial charge is 0.273 e. The van der Waals surface area contributed by atoms with Crippen molar-refractivity contribution < 1.29 is 4.79 Å². The van der Waals surface area contributed by atoms with Gasteiger partial charge in [-0.1, -0.05) is 26.0 Å². The maximum absolute atomic E-state index is 12.4. The number of fused-ring (bicyclic) bond motifs is 2. The molecule has 3 unspecified atom stereocenters. The number of carbonyl (C=O) groups is 1. The first-order valence-electron chi connectivity index (χ1n) is 7.79. The van der Waals surface area contributed by atoms with Crippen molar-refractivity contribution in [3.63, 3.8) is 0 Å². The Morgan fingerprint density at radius 3 is 2.86 bits per heavy atom. The number of rotatable bonds is 4. The van der Waals surface area contributed by atoms with Crippen LogP contribution >= 0.6 is 0 Å². The first-order chi connectivity index (χ1) is 9.88. The summed E-state index contributed by atoms with van der Waals surface area (Å²) in [6.07, 6.45) is 5.22. The second-order valence-corrected chi connectivity index (χ2v) is 7.29. The van der Waals surface area contributed by atoms with Crippen LogP contribution in [0.5, 0.6) is 0 Å². The van der Waals surface area contributed by atoms with Crippen LogP contribution in [0.25, 0.3) is 0 Å². The molecule has 2 saturated carbocycles. The predicted octanol–water partition coefficient (Wildman–Crippen LogP) is 1.18. The average Bonchev–Trinajstić information content (AvgIpc) is 3.02. The van der Waals surface area contributed by atoms with E-state index in [1.807, 2.05) is 0 Å². The van der Waals surface area contributed by atoms with Crippen LogP contribution in [0.15, 0.2) is 6.20 Å². The lowest BCUT2D eigenvalue weighted by Gasteiger charge is -2.39. The molecule has 6 nitrogen and oxygen atoms in total. The van der Waals surface area contributed by atoms with Gasteiger partial charge in [0.1, 0.15) is 0 Å². The van der Waals surface area contributed by atoms with Crippen molar-refractivity contribution in [2.24, 2.45) is 22.5 Å². The molecule has 21 heavy (non-hydrogen) atoms. The number of nitrogens with one attached hydrogen (secondary N) is 1. The highest BCUT2D eigenvalue weighted by atomic mass is 16.2. The van der Waals surface area contributed by atoms with Crippen LogP contribution in [0.1, 0.15) is 50.5 Å². The molecule has 3 rings (SSSR count). The fourth-order valence-corrected chi connectivity index (χ4v) is 4.30. The second kappa shape index (κ2) is 4.80. The Kier molecular flexibility index (Phi) is 3.31. The van der Waals surface area contributed by atoms with Crippen LogP contribution < -0.4 is 11.1 Å². The molecule has 6 heteroatoms. The Morgan fingerprint density at radius 1 is 1.52 bits per heavy atom. The fraction of sp³-hybridized carbons (Fsp3) is 0.800. The van der Waals surface area contributed by atoms with Gasteiger partial charge in [-0.25, -0.2) is 0 Å². The summed E-state index contributed by atoms with van der Waals surface area (Å²) < 4.78 is 1.61. The number of aromatic nitrogens is 3. The minimum absolute atomic E-state index is 0.118. The molecule has 0 radical (unpaired) electrons. The van der Waals surface area contributed by atoms with Crippen molar-refractivity contribution in [1.29, 1.82) is 0 Å². The lowest BCUT2D eigenvalue weighted by molar-refractivity contribution is 0.0821. The third-order valence-corrected chi connectivity index (χ3v) is 6.23. The molecule has 1 aromatic heterocycles. The predicted molar refractivity (Wildman–Crippen MR) is 79.6 cm³/mol. The number of nitrogens with two attached hydrogens (primary N) is 1. The number of hydrogen-bond donors (Lipinski definition) is 2. The molecular formula is C15H25N5O.